The molecule has 33 heavy (non-hydrogen) atoms. The van der Waals surface area contributed by atoms with E-state index in [0.717, 1.165) is 43.6 Å². The molecule has 8 unspecified atom stereocenters. The number of hydrogen-bond donors (Lipinski definition) is 2. The standard InChI is InChI=1S/C23H37NO2.C4H11N.C2H6/c1-15(24(4)14-25)19-7-8-20-18-6-5-16-13-17(26)9-11-22(16,2)21(18)10-12-23(19,20)3;1-2-3-4-5;1-2/h13-15,17-21,26H,5-12H2,1-4H3;2-5H2,1H3;1-2H3. The number of aliphatic hydroxyl groups is 1. The lowest BCUT2D eigenvalue weighted by atomic mass is 9.46. The van der Waals surface area contributed by atoms with Gasteiger partial charge in [0, 0.05) is 13.1 Å². The maximum absolute atomic E-state index is 11.3. The maximum atomic E-state index is 11.3. The Balaban J connectivity index is 0.000000489. The second-order valence-corrected chi connectivity index (χ2v) is 11.5. The molecule has 0 bridgehead atoms. The highest BCUT2D eigenvalue weighted by Crippen LogP contribution is 2.67. The van der Waals surface area contributed by atoms with Crippen LogP contribution in [0.25, 0.3) is 0 Å². The molecule has 0 saturated heterocycles. The minimum Gasteiger partial charge on any atom is -0.389 e. The van der Waals surface area contributed by atoms with Crippen molar-refractivity contribution in [1.82, 2.24) is 4.90 Å². The first-order valence-electron chi connectivity index (χ1n) is 14.0. The quantitative estimate of drug-likeness (QED) is 0.379. The van der Waals surface area contributed by atoms with Gasteiger partial charge in [-0.25, -0.2) is 0 Å². The monoisotopic (exact) mass is 462 g/mol. The van der Waals surface area contributed by atoms with Crippen molar-refractivity contribution in [3.63, 3.8) is 0 Å². The van der Waals surface area contributed by atoms with E-state index < -0.39 is 0 Å². The van der Waals surface area contributed by atoms with Gasteiger partial charge in [0.15, 0.2) is 0 Å². The molecule has 0 aliphatic heterocycles. The maximum Gasteiger partial charge on any atom is 0.209 e. The molecular formula is C29H54N2O2. The van der Waals surface area contributed by atoms with Crippen LogP contribution in [-0.4, -0.2) is 42.2 Å². The lowest BCUT2D eigenvalue weighted by Gasteiger charge is -2.59. The van der Waals surface area contributed by atoms with Crippen molar-refractivity contribution in [2.75, 3.05) is 13.6 Å². The van der Waals surface area contributed by atoms with E-state index in [9.17, 15) is 9.90 Å². The van der Waals surface area contributed by atoms with Gasteiger partial charge in [-0.15, -0.1) is 0 Å². The summed E-state index contributed by atoms with van der Waals surface area (Å²) in [5.74, 6) is 3.09. The third kappa shape index (κ3) is 5.53. The smallest absolute Gasteiger partial charge is 0.209 e. The van der Waals surface area contributed by atoms with Crippen LogP contribution in [-0.2, 0) is 4.79 Å². The minimum absolute atomic E-state index is 0.209. The summed E-state index contributed by atoms with van der Waals surface area (Å²) >= 11 is 0. The summed E-state index contributed by atoms with van der Waals surface area (Å²) in [6, 6.07) is 0.346. The van der Waals surface area contributed by atoms with Crippen LogP contribution in [0.5, 0.6) is 0 Å². The van der Waals surface area contributed by atoms with E-state index >= 15 is 0 Å². The number of nitrogens with two attached hydrogens (primary N) is 1. The molecule has 4 heteroatoms. The van der Waals surface area contributed by atoms with Crippen LogP contribution >= 0.6 is 0 Å². The summed E-state index contributed by atoms with van der Waals surface area (Å²) in [4.78, 5) is 13.2. The molecule has 0 aromatic carbocycles. The van der Waals surface area contributed by atoms with Crippen molar-refractivity contribution in [3.05, 3.63) is 11.6 Å². The molecule has 0 heterocycles. The number of carbonyl (C=O) groups excluding carboxylic acids is 1. The topological polar surface area (TPSA) is 66.6 Å². The van der Waals surface area contributed by atoms with Crippen LogP contribution in [0.3, 0.4) is 0 Å². The fraction of sp³-hybridized carbons (Fsp3) is 0.897. The summed E-state index contributed by atoms with van der Waals surface area (Å²) in [6.45, 7) is 14.3. The number of aliphatic hydroxyl groups excluding tert-OH is 1. The van der Waals surface area contributed by atoms with Crippen molar-refractivity contribution < 1.29 is 9.90 Å². The largest absolute Gasteiger partial charge is 0.389 e. The van der Waals surface area contributed by atoms with Gasteiger partial charge >= 0.3 is 0 Å². The predicted molar refractivity (Wildman–Crippen MR) is 140 cm³/mol. The van der Waals surface area contributed by atoms with Crippen LogP contribution < -0.4 is 5.73 Å². The Labute approximate surface area is 204 Å². The summed E-state index contributed by atoms with van der Waals surface area (Å²) in [5, 5.41) is 10.1. The molecule has 192 valence electrons. The summed E-state index contributed by atoms with van der Waals surface area (Å²) in [5.41, 5.74) is 7.42. The molecule has 3 fully saturated rings. The molecule has 0 aromatic heterocycles. The first-order valence-corrected chi connectivity index (χ1v) is 14.0. The highest BCUT2D eigenvalue weighted by Gasteiger charge is 2.59. The highest BCUT2D eigenvalue weighted by molar-refractivity contribution is 5.47. The van der Waals surface area contributed by atoms with Crippen LogP contribution in [0, 0.1) is 34.5 Å². The Morgan fingerprint density at radius 3 is 2.42 bits per heavy atom. The Morgan fingerprint density at radius 1 is 1.15 bits per heavy atom. The number of carbonyl (C=O) groups is 1. The van der Waals surface area contributed by atoms with Gasteiger partial charge in [-0.2, -0.15) is 0 Å². The van der Waals surface area contributed by atoms with Gasteiger partial charge in [0.05, 0.1) is 6.10 Å². The number of allylic oxidation sites excluding steroid dienone is 1. The molecule has 0 radical (unpaired) electrons. The van der Waals surface area contributed by atoms with E-state index in [1.165, 1.54) is 51.4 Å². The molecule has 4 rings (SSSR count). The molecule has 0 spiro atoms. The third-order valence-corrected chi connectivity index (χ3v) is 10.1. The van der Waals surface area contributed by atoms with Gasteiger partial charge in [-0.1, -0.05) is 52.7 Å². The van der Waals surface area contributed by atoms with Gasteiger partial charge in [0.1, 0.15) is 0 Å². The lowest BCUT2D eigenvalue weighted by Crippen LogP contribution is -2.52. The van der Waals surface area contributed by atoms with Crippen LogP contribution in [0.4, 0.5) is 0 Å². The average molecular weight is 463 g/mol. The van der Waals surface area contributed by atoms with E-state index in [2.05, 4.69) is 33.8 Å². The average Bonchev–Trinajstić information content (AvgIpc) is 3.18. The van der Waals surface area contributed by atoms with E-state index in [4.69, 9.17) is 5.73 Å². The number of rotatable bonds is 5. The zero-order valence-electron chi connectivity index (χ0n) is 22.8. The number of fused-ring (bicyclic) bond motifs is 5. The van der Waals surface area contributed by atoms with E-state index in [0.29, 0.717) is 22.8 Å². The van der Waals surface area contributed by atoms with Crippen molar-refractivity contribution in [1.29, 1.82) is 0 Å². The van der Waals surface area contributed by atoms with Gasteiger partial charge in [-0.3, -0.25) is 4.79 Å². The third-order valence-electron chi connectivity index (χ3n) is 10.1. The molecule has 1 amide bonds. The zero-order valence-corrected chi connectivity index (χ0v) is 22.8. The van der Waals surface area contributed by atoms with Gasteiger partial charge in [0.25, 0.3) is 0 Å². The highest BCUT2D eigenvalue weighted by atomic mass is 16.3. The van der Waals surface area contributed by atoms with E-state index in [1.807, 2.05) is 25.8 Å². The summed E-state index contributed by atoms with van der Waals surface area (Å²) in [7, 11) is 1.95. The molecule has 4 nitrogen and oxygen atoms in total. The van der Waals surface area contributed by atoms with Crippen molar-refractivity contribution in [2.45, 2.75) is 118 Å². The normalized spacial score (nSPS) is 39.8. The molecule has 4 aliphatic carbocycles. The molecule has 8 atom stereocenters. The molecule has 3 saturated carbocycles. The van der Waals surface area contributed by atoms with Gasteiger partial charge in [-0.05, 0) is 106 Å². The Hall–Kier alpha value is -0.870. The summed E-state index contributed by atoms with van der Waals surface area (Å²) in [6.07, 6.45) is 15.3. The van der Waals surface area contributed by atoms with Crippen LogP contribution in [0.15, 0.2) is 11.6 Å². The Bertz CT molecular complexity index is 648. The number of amides is 1. The van der Waals surface area contributed by atoms with Crippen molar-refractivity contribution in [2.24, 2.45) is 40.2 Å². The number of hydrogen-bond acceptors (Lipinski definition) is 3. The Kier molecular flexibility index (Phi) is 10.5. The van der Waals surface area contributed by atoms with E-state index in [-0.39, 0.29) is 6.10 Å². The van der Waals surface area contributed by atoms with Gasteiger partial charge in [0.2, 0.25) is 6.41 Å². The fourth-order valence-electron chi connectivity index (χ4n) is 8.13. The molecule has 4 aliphatic rings. The van der Waals surface area contributed by atoms with Crippen molar-refractivity contribution in [3.8, 4) is 0 Å². The Morgan fingerprint density at radius 2 is 1.85 bits per heavy atom. The first-order chi connectivity index (χ1) is 15.7. The number of nitrogens with zero attached hydrogens (tertiary/aromatic N) is 1. The fourth-order valence-corrected chi connectivity index (χ4v) is 8.13. The molecular weight excluding hydrogens is 408 g/mol. The zero-order chi connectivity index (χ0) is 24.8. The number of unbranched alkanes of at least 4 members (excludes halogenated alkanes) is 1. The van der Waals surface area contributed by atoms with E-state index in [1.54, 1.807) is 5.57 Å². The van der Waals surface area contributed by atoms with Crippen LogP contribution in [0.2, 0.25) is 0 Å². The van der Waals surface area contributed by atoms with Gasteiger partial charge < -0.3 is 15.7 Å². The second kappa shape index (κ2) is 12.2. The summed E-state index contributed by atoms with van der Waals surface area (Å²) < 4.78 is 0. The predicted octanol–water partition coefficient (Wildman–Crippen LogP) is 6.17. The second-order valence-electron chi connectivity index (χ2n) is 11.5. The van der Waals surface area contributed by atoms with Crippen molar-refractivity contribution >= 4 is 6.41 Å². The van der Waals surface area contributed by atoms with Crippen LogP contribution in [0.1, 0.15) is 106 Å². The SMILES string of the molecule is CC.CC(C1CCC2C3CCC4=CC(O)CCC4(C)C3CCC21C)N(C)C=O.CCCCN. The molecule has 0 aromatic rings. The lowest BCUT2D eigenvalue weighted by molar-refractivity contribution is -0.121. The first kappa shape index (κ1) is 28.4. The molecule has 3 N–H and O–H groups in total. The minimum atomic E-state index is -0.209.